The van der Waals surface area contributed by atoms with Crippen molar-refractivity contribution in [3.8, 4) is 27.9 Å². The second-order valence-corrected chi connectivity index (χ2v) is 13.6. The van der Waals surface area contributed by atoms with Crippen molar-refractivity contribution in [3.05, 3.63) is 200 Å². The summed E-state index contributed by atoms with van der Waals surface area (Å²) < 4.78 is 2.46. The molecule has 266 valence electrons. The largest absolute Gasteiger partial charge is 0.309 e. The molecule has 0 radical (unpaired) electrons. The smallest absolute Gasteiger partial charge is 0.0619 e. The fourth-order valence-electron chi connectivity index (χ4n) is 8.39. The molecular weight excluding hydrogens is 663 g/mol. The van der Waals surface area contributed by atoms with E-state index in [0.717, 1.165) is 16.8 Å². The molecule has 0 saturated heterocycles. The van der Waals surface area contributed by atoms with E-state index in [1.165, 1.54) is 87.5 Å². The van der Waals surface area contributed by atoms with E-state index in [9.17, 15) is 0 Å². The Labute approximate surface area is 324 Å². The van der Waals surface area contributed by atoms with E-state index in [0.29, 0.717) is 0 Å². The van der Waals surface area contributed by atoms with Crippen LogP contribution >= 0.6 is 0 Å². The molecule has 1 heteroatoms. The Morgan fingerprint density at radius 3 is 1.49 bits per heavy atom. The molecule has 9 aromatic rings. The number of allylic oxidation sites excluding steroid dienone is 6. The van der Waals surface area contributed by atoms with Gasteiger partial charge < -0.3 is 4.57 Å². The summed E-state index contributed by atoms with van der Waals surface area (Å²) in [5, 5.41) is 9.88. The van der Waals surface area contributed by atoms with Gasteiger partial charge in [0.05, 0.1) is 11.0 Å². The third-order valence-corrected chi connectivity index (χ3v) is 10.9. The number of fused-ring (bicyclic) bond motifs is 7. The van der Waals surface area contributed by atoms with E-state index in [4.69, 9.17) is 0 Å². The van der Waals surface area contributed by atoms with Crippen LogP contribution in [0.5, 0.6) is 0 Å². The zero-order valence-electron chi connectivity index (χ0n) is 32.1. The molecule has 8 aromatic carbocycles. The van der Waals surface area contributed by atoms with Gasteiger partial charge in [-0.1, -0.05) is 179 Å². The number of hydrogen-bond donors (Lipinski definition) is 0. The molecule has 1 heterocycles. The molecule has 0 aliphatic heterocycles. The van der Waals surface area contributed by atoms with Crippen molar-refractivity contribution < 1.29 is 0 Å². The highest BCUT2D eigenvalue weighted by molar-refractivity contribution is 6.20. The van der Waals surface area contributed by atoms with Crippen molar-refractivity contribution in [2.24, 2.45) is 0 Å². The number of rotatable bonds is 7. The fourth-order valence-corrected chi connectivity index (χ4v) is 8.39. The van der Waals surface area contributed by atoms with E-state index in [-0.39, 0.29) is 0 Å². The Kier molecular flexibility index (Phi) is 9.62. The zero-order chi connectivity index (χ0) is 38.1. The normalized spacial score (nSPS) is 12.0. The van der Waals surface area contributed by atoms with Crippen LogP contribution in [0.15, 0.2) is 189 Å². The highest BCUT2D eigenvalue weighted by Crippen LogP contribution is 2.42. The van der Waals surface area contributed by atoms with Crippen LogP contribution < -0.4 is 0 Å². The minimum atomic E-state index is 1.14. The first-order chi connectivity index (χ1) is 27.1. The summed E-state index contributed by atoms with van der Waals surface area (Å²) in [4.78, 5) is 0. The van der Waals surface area contributed by atoms with Crippen molar-refractivity contribution in [1.29, 1.82) is 0 Å². The summed E-state index contributed by atoms with van der Waals surface area (Å²) in [6.07, 6.45) is 8.15. The van der Waals surface area contributed by atoms with Gasteiger partial charge in [0, 0.05) is 21.8 Å². The lowest BCUT2D eigenvalue weighted by atomic mass is 9.91. The summed E-state index contributed by atoms with van der Waals surface area (Å²) in [6.45, 7) is 16.3. The summed E-state index contributed by atoms with van der Waals surface area (Å²) >= 11 is 0. The molecule has 1 nitrogen and oxygen atoms in total. The molecule has 0 aliphatic rings. The lowest BCUT2D eigenvalue weighted by Crippen LogP contribution is -1.95. The van der Waals surface area contributed by atoms with Crippen LogP contribution in [0.4, 0.5) is 0 Å². The lowest BCUT2D eigenvalue weighted by molar-refractivity contribution is 1.19. The third kappa shape index (κ3) is 5.90. The maximum absolute atomic E-state index is 4.08. The summed E-state index contributed by atoms with van der Waals surface area (Å²) in [5.74, 6) is 0. The maximum atomic E-state index is 4.08. The van der Waals surface area contributed by atoms with Gasteiger partial charge in [0.25, 0.3) is 0 Å². The molecule has 0 spiro atoms. The summed E-state index contributed by atoms with van der Waals surface area (Å²) in [5.41, 5.74) is 13.1. The van der Waals surface area contributed by atoms with Crippen molar-refractivity contribution in [3.63, 3.8) is 0 Å². The Morgan fingerprint density at radius 1 is 0.455 bits per heavy atom. The second kappa shape index (κ2) is 15.0. The quantitative estimate of drug-likeness (QED) is 0.145. The van der Waals surface area contributed by atoms with Gasteiger partial charge in [0.15, 0.2) is 0 Å². The van der Waals surface area contributed by atoms with Crippen LogP contribution in [0.2, 0.25) is 0 Å². The number of benzene rings is 8. The SMILES string of the molecule is C=C/C(=C\C)c1ccc(-c2ccc3c(ccc4c5ccc(-c6ccc(/C(C=C)=C/C)c7ccccc67)cc5n(-c5ccccc5)c34)c2)c2ccccc12.CC. The van der Waals surface area contributed by atoms with Crippen LogP contribution in [0.1, 0.15) is 38.8 Å². The molecule has 0 aliphatic carbocycles. The van der Waals surface area contributed by atoms with Crippen molar-refractivity contribution in [2.75, 3.05) is 0 Å². The number of nitrogens with zero attached hydrogens (tertiary/aromatic N) is 1. The van der Waals surface area contributed by atoms with Crippen LogP contribution in [-0.4, -0.2) is 4.57 Å². The number of para-hydroxylation sites is 1. The highest BCUT2D eigenvalue weighted by Gasteiger charge is 2.18. The van der Waals surface area contributed by atoms with E-state index >= 15 is 0 Å². The third-order valence-electron chi connectivity index (χ3n) is 10.9. The maximum Gasteiger partial charge on any atom is 0.0619 e. The standard InChI is InChI=1S/C52H39N.C2H6/c1-5-34(6-2)40-28-30-42(47-20-14-12-18-45(40)47)36-22-25-44-37(32-36)24-27-50-49-26-23-38(33-51(49)53(52(44)50)39-16-10-9-11-17-39)43-31-29-41(35(7-3)8-4)46-19-13-15-21-48(43)46;1-2/h5-33H,1,3H2,2,4H3;1-2H3/b34-6+,35-8+;. The topological polar surface area (TPSA) is 4.93 Å². The highest BCUT2D eigenvalue weighted by atomic mass is 15.0. The molecule has 0 amide bonds. The molecule has 0 unspecified atom stereocenters. The number of aromatic nitrogens is 1. The van der Waals surface area contributed by atoms with Gasteiger partial charge >= 0.3 is 0 Å². The van der Waals surface area contributed by atoms with Crippen molar-refractivity contribution >= 4 is 65.3 Å². The zero-order valence-corrected chi connectivity index (χ0v) is 32.1. The Bertz CT molecular complexity index is 2980. The van der Waals surface area contributed by atoms with E-state index in [1.807, 2.05) is 26.0 Å². The monoisotopic (exact) mass is 707 g/mol. The first-order valence-corrected chi connectivity index (χ1v) is 19.3. The molecule has 1 aromatic heterocycles. The first kappa shape index (κ1) is 35.3. The van der Waals surface area contributed by atoms with E-state index in [2.05, 4.69) is 195 Å². The van der Waals surface area contributed by atoms with Gasteiger partial charge in [-0.2, -0.15) is 0 Å². The van der Waals surface area contributed by atoms with Gasteiger partial charge in [-0.05, 0) is 110 Å². The lowest BCUT2D eigenvalue weighted by Gasteiger charge is -2.14. The molecule has 0 bridgehead atoms. The summed E-state index contributed by atoms with van der Waals surface area (Å²) in [7, 11) is 0. The molecule has 0 fully saturated rings. The molecule has 0 atom stereocenters. The predicted octanol–water partition coefficient (Wildman–Crippen LogP) is 15.8. The predicted molar refractivity (Wildman–Crippen MR) is 243 cm³/mol. The van der Waals surface area contributed by atoms with Gasteiger partial charge in [-0.3, -0.25) is 0 Å². The van der Waals surface area contributed by atoms with Crippen LogP contribution in [0.25, 0.3) is 93.2 Å². The van der Waals surface area contributed by atoms with Crippen LogP contribution in [-0.2, 0) is 0 Å². The van der Waals surface area contributed by atoms with Gasteiger partial charge in [-0.15, -0.1) is 0 Å². The fraction of sp³-hybridized carbons (Fsp3) is 0.0741. The van der Waals surface area contributed by atoms with Crippen molar-refractivity contribution in [1.82, 2.24) is 4.57 Å². The molecular formula is C54H45N. The second-order valence-electron chi connectivity index (χ2n) is 13.6. The first-order valence-electron chi connectivity index (χ1n) is 19.3. The van der Waals surface area contributed by atoms with E-state index < -0.39 is 0 Å². The molecule has 9 rings (SSSR count). The Hall–Kier alpha value is -6.70. The van der Waals surface area contributed by atoms with Crippen LogP contribution in [0, 0.1) is 0 Å². The molecule has 0 N–H and O–H groups in total. The average molecular weight is 708 g/mol. The minimum Gasteiger partial charge on any atom is -0.309 e. The summed E-state index contributed by atoms with van der Waals surface area (Å²) in [6, 6.07) is 55.8. The van der Waals surface area contributed by atoms with Crippen LogP contribution in [0.3, 0.4) is 0 Å². The van der Waals surface area contributed by atoms with Gasteiger partial charge in [0.2, 0.25) is 0 Å². The van der Waals surface area contributed by atoms with Gasteiger partial charge in [0.1, 0.15) is 0 Å². The van der Waals surface area contributed by atoms with Gasteiger partial charge in [-0.25, -0.2) is 0 Å². The Morgan fingerprint density at radius 2 is 0.945 bits per heavy atom. The average Bonchev–Trinajstić information content (AvgIpc) is 3.59. The Balaban J connectivity index is 0.00000210. The minimum absolute atomic E-state index is 1.14. The molecule has 55 heavy (non-hydrogen) atoms. The van der Waals surface area contributed by atoms with E-state index in [1.54, 1.807) is 0 Å². The molecule has 0 saturated carbocycles. The van der Waals surface area contributed by atoms with Crippen molar-refractivity contribution in [2.45, 2.75) is 27.7 Å². The number of hydrogen-bond acceptors (Lipinski definition) is 0.